The summed E-state index contributed by atoms with van der Waals surface area (Å²) in [5.74, 6) is -1.49. The van der Waals surface area contributed by atoms with E-state index in [1.165, 1.54) is 19.2 Å². The highest BCUT2D eigenvalue weighted by Crippen LogP contribution is 2.25. The van der Waals surface area contributed by atoms with Crippen molar-refractivity contribution < 1.29 is 28.0 Å². The SMILES string of the molecule is COC(=O)c1cc(C(=O)N2CCOC(c3ccc(F)c(C)c3)C2)no1. The Hall–Kier alpha value is -2.74. The highest BCUT2D eigenvalue weighted by Gasteiger charge is 2.29. The third-order valence-corrected chi connectivity index (χ3v) is 4.02. The molecule has 25 heavy (non-hydrogen) atoms. The fourth-order valence-electron chi connectivity index (χ4n) is 2.64. The molecule has 0 spiro atoms. The van der Waals surface area contributed by atoms with Crippen LogP contribution in [0, 0.1) is 12.7 Å². The number of amides is 1. The van der Waals surface area contributed by atoms with Gasteiger partial charge in [0.25, 0.3) is 5.91 Å². The minimum atomic E-state index is -0.701. The van der Waals surface area contributed by atoms with Gasteiger partial charge in [0, 0.05) is 12.6 Å². The molecule has 2 aromatic rings. The molecule has 3 rings (SSSR count). The molecule has 1 amide bonds. The third kappa shape index (κ3) is 3.53. The molecule has 0 saturated carbocycles. The number of carbonyl (C=O) groups excluding carboxylic acids is 2. The smallest absolute Gasteiger partial charge is 0.376 e. The van der Waals surface area contributed by atoms with Crippen molar-refractivity contribution >= 4 is 11.9 Å². The van der Waals surface area contributed by atoms with Crippen LogP contribution in [-0.2, 0) is 9.47 Å². The second-order valence-electron chi connectivity index (χ2n) is 5.69. The largest absolute Gasteiger partial charge is 0.463 e. The lowest BCUT2D eigenvalue weighted by atomic mass is 10.0. The Labute approximate surface area is 143 Å². The number of morpholine rings is 1. The monoisotopic (exact) mass is 348 g/mol. The molecule has 1 saturated heterocycles. The van der Waals surface area contributed by atoms with Gasteiger partial charge >= 0.3 is 5.97 Å². The maximum absolute atomic E-state index is 13.4. The number of rotatable bonds is 3. The second-order valence-corrected chi connectivity index (χ2v) is 5.69. The van der Waals surface area contributed by atoms with Crippen molar-refractivity contribution in [2.45, 2.75) is 13.0 Å². The summed E-state index contributed by atoms with van der Waals surface area (Å²) in [4.78, 5) is 25.5. The first-order chi connectivity index (χ1) is 12.0. The number of halogens is 1. The fraction of sp³-hybridized carbons (Fsp3) is 0.353. The summed E-state index contributed by atoms with van der Waals surface area (Å²) in [6, 6.07) is 5.99. The molecule has 0 bridgehead atoms. The van der Waals surface area contributed by atoms with E-state index in [1.807, 2.05) is 0 Å². The van der Waals surface area contributed by atoms with Crippen LogP contribution in [-0.4, -0.2) is 48.7 Å². The van der Waals surface area contributed by atoms with E-state index in [-0.39, 0.29) is 29.3 Å². The number of methoxy groups -OCH3 is 1. The molecule has 1 aromatic heterocycles. The molecule has 8 heteroatoms. The van der Waals surface area contributed by atoms with Gasteiger partial charge in [0.1, 0.15) is 11.9 Å². The minimum absolute atomic E-state index is 0.0244. The van der Waals surface area contributed by atoms with Crippen LogP contribution in [0.3, 0.4) is 0 Å². The summed E-state index contributed by atoms with van der Waals surface area (Å²) in [6.07, 6.45) is -0.357. The van der Waals surface area contributed by atoms with Crippen molar-refractivity contribution in [1.29, 1.82) is 0 Å². The zero-order valence-corrected chi connectivity index (χ0v) is 13.8. The molecular weight excluding hydrogens is 331 g/mol. The molecule has 1 atom stereocenters. The molecule has 1 fully saturated rings. The van der Waals surface area contributed by atoms with Crippen LogP contribution >= 0.6 is 0 Å². The molecule has 1 aliphatic rings. The molecule has 1 aromatic carbocycles. The number of hydrogen-bond acceptors (Lipinski definition) is 6. The van der Waals surface area contributed by atoms with Crippen molar-refractivity contribution in [1.82, 2.24) is 10.1 Å². The quantitative estimate of drug-likeness (QED) is 0.791. The lowest BCUT2D eigenvalue weighted by Crippen LogP contribution is -2.42. The molecule has 1 aliphatic heterocycles. The predicted octanol–water partition coefficient (Wildman–Crippen LogP) is 2.12. The number of hydrogen-bond donors (Lipinski definition) is 0. The normalized spacial score (nSPS) is 17.4. The van der Waals surface area contributed by atoms with Crippen molar-refractivity contribution in [3.05, 3.63) is 52.7 Å². The van der Waals surface area contributed by atoms with Gasteiger partial charge in [0.2, 0.25) is 5.76 Å². The number of ether oxygens (including phenoxy) is 2. The number of carbonyl (C=O) groups is 2. The van der Waals surface area contributed by atoms with Crippen LogP contribution in [0.15, 0.2) is 28.8 Å². The van der Waals surface area contributed by atoms with E-state index in [2.05, 4.69) is 9.89 Å². The van der Waals surface area contributed by atoms with Crippen molar-refractivity contribution in [2.75, 3.05) is 26.8 Å². The van der Waals surface area contributed by atoms with Crippen molar-refractivity contribution in [3.8, 4) is 0 Å². The highest BCUT2D eigenvalue weighted by molar-refractivity contribution is 5.95. The summed E-state index contributed by atoms with van der Waals surface area (Å²) >= 11 is 0. The summed E-state index contributed by atoms with van der Waals surface area (Å²) in [6.45, 7) is 2.70. The highest BCUT2D eigenvalue weighted by atomic mass is 19.1. The van der Waals surface area contributed by atoms with Gasteiger partial charge in [-0.2, -0.15) is 0 Å². The molecule has 0 radical (unpaired) electrons. The first-order valence-corrected chi connectivity index (χ1v) is 7.71. The zero-order chi connectivity index (χ0) is 18.0. The van der Waals surface area contributed by atoms with E-state index in [1.54, 1.807) is 24.0 Å². The van der Waals surface area contributed by atoms with Crippen molar-refractivity contribution in [3.63, 3.8) is 0 Å². The maximum atomic E-state index is 13.4. The first-order valence-electron chi connectivity index (χ1n) is 7.71. The van der Waals surface area contributed by atoms with E-state index in [0.717, 1.165) is 5.56 Å². The summed E-state index contributed by atoms with van der Waals surface area (Å²) < 4.78 is 28.5. The van der Waals surface area contributed by atoms with Gasteiger partial charge in [-0.3, -0.25) is 4.79 Å². The van der Waals surface area contributed by atoms with E-state index >= 15 is 0 Å². The van der Waals surface area contributed by atoms with Gasteiger partial charge in [0.15, 0.2) is 5.69 Å². The second kappa shape index (κ2) is 7.02. The number of benzene rings is 1. The van der Waals surface area contributed by atoms with Crippen LogP contribution < -0.4 is 0 Å². The maximum Gasteiger partial charge on any atom is 0.376 e. The summed E-state index contributed by atoms with van der Waals surface area (Å²) in [7, 11) is 1.21. The average molecular weight is 348 g/mol. The van der Waals surface area contributed by atoms with Crippen LogP contribution in [0.5, 0.6) is 0 Å². The summed E-state index contributed by atoms with van der Waals surface area (Å²) in [5.41, 5.74) is 1.34. The molecule has 0 N–H and O–H groups in total. The van der Waals surface area contributed by atoms with Gasteiger partial charge in [-0.25, -0.2) is 9.18 Å². The first kappa shape index (κ1) is 17.1. The lowest BCUT2D eigenvalue weighted by molar-refractivity contribution is -0.0231. The lowest BCUT2D eigenvalue weighted by Gasteiger charge is -2.32. The van der Waals surface area contributed by atoms with E-state index in [0.29, 0.717) is 25.3 Å². The van der Waals surface area contributed by atoms with E-state index in [9.17, 15) is 14.0 Å². The van der Waals surface area contributed by atoms with Gasteiger partial charge in [0.05, 0.1) is 20.3 Å². The van der Waals surface area contributed by atoms with Gasteiger partial charge in [-0.05, 0) is 24.1 Å². The van der Waals surface area contributed by atoms with Crippen LogP contribution in [0.1, 0.15) is 38.3 Å². The average Bonchev–Trinajstić information content (AvgIpc) is 3.13. The number of aromatic nitrogens is 1. The molecular formula is C17H17FN2O5. The number of esters is 1. The zero-order valence-electron chi connectivity index (χ0n) is 13.8. The predicted molar refractivity (Wildman–Crippen MR) is 83.6 cm³/mol. The minimum Gasteiger partial charge on any atom is -0.463 e. The van der Waals surface area contributed by atoms with Crippen LogP contribution in [0.2, 0.25) is 0 Å². The molecule has 7 nitrogen and oxygen atoms in total. The summed E-state index contributed by atoms with van der Waals surface area (Å²) in [5, 5.41) is 3.63. The Morgan fingerprint density at radius 1 is 1.36 bits per heavy atom. The Kier molecular flexibility index (Phi) is 4.80. The van der Waals surface area contributed by atoms with Crippen molar-refractivity contribution in [2.24, 2.45) is 0 Å². The standard InChI is InChI=1S/C17H17FN2O5/c1-10-7-11(3-4-12(10)18)15-9-20(5-6-24-15)16(21)13-8-14(25-19-13)17(22)23-2/h3-4,7-8,15H,5-6,9H2,1-2H3. The Bertz CT molecular complexity index is 804. The third-order valence-electron chi connectivity index (χ3n) is 4.02. The number of aryl methyl sites for hydroxylation is 1. The van der Waals surface area contributed by atoms with Crippen LogP contribution in [0.4, 0.5) is 4.39 Å². The molecule has 0 aliphatic carbocycles. The Morgan fingerprint density at radius 3 is 2.88 bits per heavy atom. The molecule has 1 unspecified atom stereocenters. The number of nitrogens with zero attached hydrogens (tertiary/aromatic N) is 2. The van der Waals surface area contributed by atoms with Gasteiger partial charge in [-0.1, -0.05) is 17.3 Å². The Morgan fingerprint density at radius 2 is 2.16 bits per heavy atom. The molecule has 132 valence electrons. The Balaban J connectivity index is 1.74. The van der Waals surface area contributed by atoms with Crippen LogP contribution in [0.25, 0.3) is 0 Å². The van der Waals surface area contributed by atoms with Gasteiger partial charge in [-0.15, -0.1) is 0 Å². The topological polar surface area (TPSA) is 81.9 Å². The van der Waals surface area contributed by atoms with Gasteiger partial charge < -0.3 is 18.9 Å². The fourth-order valence-corrected chi connectivity index (χ4v) is 2.64. The van der Waals surface area contributed by atoms with E-state index < -0.39 is 5.97 Å². The van der Waals surface area contributed by atoms with E-state index in [4.69, 9.17) is 9.26 Å². The molecule has 2 heterocycles.